The van der Waals surface area contributed by atoms with E-state index in [1.165, 1.54) is 0 Å². The van der Waals surface area contributed by atoms with Gasteiger partial charge in [-0.15, -0.1) is 0 Å². The van der Waals surface area contributed by atoms with Gasteiger partial charge in [0.25, 0.3) is 0 Å². The van der Waals surface area contributed by atoms with Crippen molar-refractivity contribution in [1.29, 1.82) is 0 Å². The number of hydrogen-bond donors (Lipinski definition) is 1. The second-order valence-corrected chi connectivity index (χ2v) is 3.85. The lowest BCUT2D eigenvalue weighted by atomic mass is 9.87. The minimum atomic E-state index is -0.720. The molecular formula is C10H19NO3. The zero-order valence-corrected chi connectivity index (χ0v) is 8.95. The Morgan fingerprint density at radius 3 is 2.50 bits per heavy atom. The number of carboxylic acids is 1. The van der Waals surface area contributed by atoms with Crippen molar-refractivity contribution in [1.82, 2.24) is 4.90 Å². The molecule has 0 aromatic carbocycles. The largest absolute Gasteiger partial charge is 0.481 e. The standard InChI is InChI=1S/C10H19NO3/c1-3-11(4-2)7-10(9(12)13)5-6-14-8-10/h3-8H2,1-2H3,(H,12,13). The van der Waals surface area contributed by atoms with Crippen molar-refractivity contribution >= 4 is 5.97 Å². The van der Waals surface area contributed by atoms with Crippen molar-refractivity contribution in [2.45, 2.75) is 20.3 Å². The third kappa shape index (κ3) is 2.25. The number of ether oxygens (including phenoxy) is 1. The van der Waals surface area contributed by atoms with Crippen LogP contribution < -0.4 is 0 Å². The van der Waals surface area contributed by atoms with E-state index in [4.69, 9.17) is 4.74 Å². The van der Waals surface area contributed by atoms with Crippen molar-refractivity contribution in [3.63, 3.8) is 0 Å². The number of rotatable bonds is 5. The molecule has 14 heavy (non-hydrogen) atoms. The quantitative estimate of drug-likeness (QED) is 0.715. The van der Waals surface area contributed by atoms with Crippen LogP contribution in [0.1, 0.15) is 20.3 Å². The Morgan fingerprint density at radius 2 is 2.14 bits per heavy atom. The van der Waals surface area contributed by atoms with Gasteiger partial charge in [-0.25, -0.2) is 0 Å². The first-order valence-electron chi connectivity index (χ1n) is 5.18. The molecule has 82 valence electrons. The lowest BCUT2D eigenvalue weighted by Crippen LogP contribution is -2.43. The van der Waals surface area contributed by atoms with E-state index in [0.717, 1.165) is 13.1 Å². The van der Waals surface area contributed by atoms with Crippen LogP contribution in [0.2, 0.25) is 0 Å². The highest BCUT2D eigenvalue weighted by Gasteiger charge is 2.43. The van der Waals surface area contributed by atoms with Gasteiger partial charge in [-0.3, -0.25) is 4.79 Å². The van der Waals surface area contributed by atoms with E-state index in [2.05, 4.69) is 18.7 Å². The fourth-order valence-electron chi connectivity index (χ4n) is 1.84. The Bertz CT molecular complexity index is 196. The summed E-state index contributed by atoms with van der Waals surface area (Å²) < 4.78 is 5.20. The van der Waals surface area contributed by atoms with Gasteiger partial charge in [0, 0.05) is 13.2 Å². The van der Waals surface area contributed by atoms with E-state index < -0.39 is 11.4 Å². The van der Waals surface area contributed by atoms with E-state index in [0.29, 0.717) is 26.2 Å². The van der Waals surface area contributed by atoms with Gasteiger partial charge in [-0.05, 0) is 19.5 Å². The Hall–Kier alpha value is -0.610. The first kappa shape index (κ1) is 11.5. The van der Waals surface area contributed by atoms with Crippen LogP contribution in [0.15, 0.2) is 0 Å². The third-order valence-corrected chi connectivity index (χ3v) is 2.98. The molecule has 1 aliphatic heterocycles. The number of aliphatic carboxylic acids is 1. The summed E-state index contributed by atoms with van der Waals surface area (Å²) in [7, 11) is 0. The smallest absolute Gasteiger partial charge is 0.313 e. The van der Waals surface area contributed by atoms with Crippen LogP contribution >= 0.6 is 0 Å². The predicted molar refractivity (Wildman–Crippen MR) is 53.3 cm³/mol. The van der Waals surface area contributed by atoms with Gasteiger partial charge >= 0.3 is 5.97 Å². The second kappa shape index (κ2) is 4.75. The molecule has 1 unspecified atom stereocenters. The van der Waals surface area contributed by atoms with Crippen molar-refractivity contribution < 1.29 is 14.6 Å². The molecule has 4 heteroatoms. The lowest BCUT2D eigenvalue weighted by Gasteiger charge is -2.29. The molecule has 1 fully saturated rings. The number of hydrogen-bond acceptors (Lipinski definition) is 3. The van der Waals surface area contributed by atoms with Gasteiger partial charge in [-0.2, -0.15) is 0 Å². The molecule has 0 radical (unpaired) electrons. The highest BCUT2D eigenvalue weighted by Crippen LogP contribution is 2.29. The molecule has 1 N–H and O–H groups in total. The van der Waals surface area contributed by atoms with Gasteiger partial charge < -0.3 is 14.7 Å². The lowest BCUT2D eigenvalue weighted by molar-refractivity contribution is -0.150. The summed E-state index contributed by atoms with van der Waals surface area (Å²) in [5, 5.41) is 9.20. The fraction of sp³-hybridized carbons (Fsp3) is 0.900. The predicted octanol–water partition coefficient (Wildman–Crippen LogP) is 0.819. The Kier molecular flexibility index (Phi) is 3.89. The molecule has 4 nitrogen and oxygen atoms in total. The van der Waals surface area contributed by atoms with Crippen LogP contribution in [0.25, 0.3) is 0 Å². The molecule has 1 aliphatic rings. The third-order valence-electron chi connectivity index (χ3n) is 2.98. The van der Waals surface area contributed by atoms with Gasteiger partial charge in [-0.1, -0.05) is 13.8 Å². The first-order chi connectivity index (χ1) is 6.64. The van der Waals surface area contributed by atoms with Gasteiger partial charge in [0.1, 0.15) is 5.41 Å². The average molecular weight is 201 g/mol. The SMILES string of the molecule is CCN(CC)CC1(C(=O)O)CCOC1. The molecule has 1 heterocycles. The first-order valence-corrected chi connectivity index (χ1v) is 5.18. The van der Waals surface area contributed by atoms with E-state index in [9.17, 15) is 9.90 Å². The van der Waals surface area contributed by atoms with E-state index in [1.807, 2.05) is 0 Å². The fourth-order valence-corrected chi connectivity index (χ4v) is 1.84. The number of carboxylic acid groups (broad SMARTS) is 1. The van der Waals surface area contributed by atoms with Crippen LogP contribution in [0.4, 0.5) is 0 Å². The summed E-state index contributed by atoms with van der Waals surface area (Å²) in [6.45, 7) is 7.43. The van der Waals surface area contributed by atoms with E-state index >= 15 is 0 Å². The van der Waals surface area contributed by atoms with Crippen molar-refractivity contribution in [3.05, 3.63) is 0 Å². The molecule has 0 saturated carbocycles. The Labute approximate surface area is 84.8 Å². The van der Waals surface area contributed by atoms with Crippen LogP contribution in [0.3, 0.4) is 0 Å². The summed E-state index contributed by atoms with van der Waals surface area (Å²) in [5.41, 5.74) is -0.661. The maximum atomic E-state index is 11.2. The number of carbonyl (C=O) groups is 1. The summed E-state index contributed by atoms with van der Waals surface area (Å²) in [6.07, 6.45) is 0.638. The van der Waals surface area contributed by atoms with Crippen LogP contribution in [0.5, 0.6) is 0 Å². The molecule has 0 spiro atoms. The molecule has 0 aliphatic carbocycles. The van der Waals surface area contributed by atoms with Gasteiger partial charge in [0.15, 0.2) is 0 Å². The molecule has 1 rings (SSSR count). The van der Waals surface area contributed by atoms with Crippen molar-refractivity contribution in [2.24, 2.45) is 5.41 Å². The maximum Gasteiger partial charge on any atom is 0.313 e. The Morgan fingerprint density at radius 1 is 1.50 bits per heavy atom. The highest BCUT2D eigenvalue weighted by atomic mass is 16.5. The van der Waals surface area contributed by atoms with Crippen molar-refractivity contribution in [2.75, 3.05) is 32.8 Å². The molecular weight excluding hydrogens is 182 g/mol. The summed E-state index contributed by atoms with van der Waals surface area (Å²) in [4.78, 5) is 13.3. The second-order valence-electron chi connectivity index (χ2n) is 3.85. The number of nitrogens with zero attached hydrogens (tertiary/aromatic N) is 1. The van der Waals surface area contributed by atoms with Gasteiger partial charge in [0.05, 0.1) is 6.61 Å². The topological polar surface area (TPSA) is 49.8 Å². The normalized spacial score (nSPS) is 27.1. The summed E-state index contributed by atoms with van der Waals surface area (Å²) in [6, 6.07) is 0. The van der Waals surface area contributed by atoms with E-state index in [-0.39, 0.29) is 0 Å². The summed E-state index contributed by atoms with van der Waals surface area (Å²) >= 11 is 0. The molecule has 0 amide bonds. The van der Waals surface area contributed by atoms with E-state index in [1.54, 1.807) is 0 Å². The molecule has 0 aromatic rings. The van der Waals surface area contributed by atoms with Crippen molar-refractivity contribution in [3.8, 4) is 0 Å². The maximum absolute atomic E-state index is 11.2. The van der Waals surface area contributed by atoms with Crippen LogP contribution in [-0.4, -0.2) is 48.8 Å². The Balaban J connectivity index is 2.64. The average Bonchev–Trinajstić information content (AvgIpc) is 2.64. The minimum Gasteiger partial charge on any atom is -0.481 e. The zero-order valence-electron chi connectivity index (χ0n) is 8.95. The molecule has 0 aromatic heterocycles. The molecule has 1 atom stereocenters. The van der Waals surface area contributed by atoms with Crippen LogP contribution in [0, 0.1) is 5.41 Å². The van der Waals surface area contributed by atoms with Gasteiger partial charge in [0.2, 0.25) is 0 Å². The monoisotopic (exact) mass is 201 g/mol. The summed E-state index contributed by atoms with van der Waals surface area (Å²) in [5.74, 6) is -0.720. The molecule has 1 saturated heterocycles. The molecule has 0 bridgehead atoms. The van der Waals surface area contributed by atoms with Crippen LogP contribution in [-0.2, 0) is 9.53 Å². The zero-order chi connectivity index (χ0) is 10.6. The highest BCUT2D eigenvalue weighted by molar-refractivity contribution is 5.75. The minimum absolute atomic E-state index is 0.360.